The third-order valence-electron chi connectivity index (χ3n) is 5.22. The summed E-state index contributed by atoms with van der Waals surface area (Å²) in [5.41, 5.74) is 1.05. The van der Waals surface area contributed by atoms with Gasteiger partial charge in [-0.05, 0) is 48.4 Å². The van der Waals surface area contributed by atoms with Crippen molar-refractivity contribution >= 4 is 54.5 Å². The third kappa shape index (κ3) is 3.08. The summed E-state index contributed by atoms with van der Waals surface area (Å²) in [5.74, 6) is 1.37. The molecule has 0 saturated carbocycles. The molecule has 7 nitrogen and oxygen atoms in total. The number of hydrogen-bond donors (Lipinski definition) is 0. The fourth-order valence-electron chi connectivity index (χ4n) is 3.82. The Balaban J connectivity index is 1.74. The SMILES string of the molecule is C[C@H]1CCCN(c2nc3c(S(=O)(=O)c4cccc(Cl)c4)nnn3c3ccsc23)C1. The van der Waals surface area contributed by atoms with E-state index in [1.165, 1.54) is 23.1 Å². The molecule has 1 aliphatic heterocycles. The molecule has 0 N–H and O–H groups in total. The summed E-state index contributed by atoms with van der Waals surface area (Å²) in [5, 5.41) is 10.3. The Morgan fingerprint density at radius 2 is 2.14 bits per heavy atom. The molecule has 150 valence electrons. The van der Waals surface area contributed by atoms with E-state index in [9.17, 15) is 8.42 Å². The molecule has 10 heteroatoms. The number of benzene rings is 1. The number of sulfone groups is 1. The van der Waals surface area contributed by atoms with Gasteiger partial charge in [0.25, 0.3) is 0 Å². The fourth-order valence-corrected chi connectivity index (χ4v) is 6.25. The second-order valence-corrected chi connectivity index (χ2v) is 10.6. The first-order valence-electron chi connectivity index (χ1n) is 9.33. The van der Waals surface area contributed by atoms with Crippen LogP contribution in [-0.4, -0.2) is 41.3 Å². The molecule has 4 heterocycles. The topological polar surface area (TPSA) is 80.5 Å². The van der Waals surface area contributed by atoms with E-state index in [1.54, 1.807) is 23.5 Å². The molecule has 1 aromatic carbocycles. The van der Waals surface area contributed by atoms with Crippen molar-refractivity contribution < 1.29 is 8.42 Å². The Hall–Kier alpha value is -2.23. The van der Waals surface area contributed by atoms with Gasteiger partial charge in [0.15, 0.2) is 11.5 Å². The quantitative estimate of drug-likeness (QED) is 0.471. The molecule has 1 fully saturated rings. The van der Waals surface area contributed by atoms with Crippen molar-refractivity contribution in [3.8, 4) is 0 Å². The van der Waals surface area contributed by atoms with Crippen LogP contribution in [0.1, 0.15) is 19.8 Å². The first-order valence-corrected chi connectivity index (χ1v) is 12.1. The second-order valence-electron chi connectivity index (χ2n) is 7.35. The number of hydrogen-bond acceptors (Lipinski definition) is 7. The first-order chi connectivity index (χ1) is 13.9. The summed E-state index contributed by atoms with van der Waals surface area (Å²) >= 11 is 7.59. The summed E-state index contributed by atoms with van der Waals surface area (Å²) < 4.78 is 29.0. The molecule has 29 heavy (non-hydrogen) atoms. The number of aromatic nitrogens is 4. The van der Waals surface area contributed by atoms with Gasteiger partial charge in [-0.2, -0.15) is 4.52 Å². The lowest BCUT2D eigenvalue weighted by atomic mass is 10.0. The largest absolute Gasteiger partial charge is 0.355 e. The normalized spacial score (nSPS) is 18.0. The van der Waals surface area contributed by atoms with Gasteiger partial charge in [-0.3, -0.25) is 0 Å². The summed E-state index contributed by atoms with van der Waals surface area (Å²) in [6.45, 7) is 4.03. The number of anilines is 1. The Labute approximate surface area is 176 Å². The minimum Gasteiger partial charge on any atom is -0.355 e. The average Bonchev–Trinajstić information content (AvgIpc) is 3.34. The molecular formula is C19H18ClN5O2S2. The Kier molecular flexibility index (Phi) is 4.49. The number of fused-ring (bicyclic) bond motifs is 3. The van der Waals surface area contributed by atoms with Crippen molar-refractivity contribution in [2.75, 3.05) is 18.0 Å². The van der Waals surface area contributed by atoms with Crippen LogP contribution in [0.3, 0.4) is 0 Å². The Morgan fingerprint density at radius 3 is 2.93 bits per heavy atom. The Bertz CT molecular complexity index is 1330. The summed E-state index contributed by atoms with van der Waals surface area (Å²) in [6.07, 6.45) is 2.28. The zero-order valence-corrected chi connectivity index (χ0v) is 18.0. The zero-order chi connectivity index (χ0) is 20.2. The lowest BCUT2D eigenvalue weighted by Crippen LogP contribution is -2.35. The lowest BCUT2D eigenvalue weighted by Gasteiger charge is -2.32. The van der Waals surface area contributed by atoms with Crippen LogP contribution < -0.4 is 4.90 Å². The molecule has 0 bridgehead atoms. The van der Waals surface area contributed by atoms with Crippen LogP contribution in [0.5, 0.6) is 0 Å². The van der Waals surface area contributed by atoms with Gasteiger partial charge < -0.3 is 4.90 Å². The van der Waals surface area contributed by atoms with Crippen molar-refractivity contribution in [1.82, 2.24) is 19.8 Å². The zero-order valence-electron chi connectivity index (χ0n) is 15.6. The van der Waals surface area contributed by atoms with Gasteiger partial charge in [0.2, 0.25) is 14.9 Å². The van der Waals surface area contributed by atoms with E-state index in [4.69, 9.17) is 16.6 Å². The highest BCUT2D eigenvalue weighted by atomic mass is 35.5. The van der Waals surface area contributed by atoms with Crippen LogP contribution in [0.2, 0.25) is 5.02 Å². The Morgan fingerprint density at radius 1 is 1.28 bits per heavy atom. The van der Waals surface area contributed by atoms with Crippen LogP contribution in [-0.2, 0) is 9.84 Å². The van der Waals surface area contributed by atoms with Gasteiger partial charge in [0.05, 0.1) is 15.1 Å². The van der Waals surface area contributed by atoms with Gasteiger partial charge in [0.1, 0.15) is 0 Å². The molecule has 1 atom stereocenters. The fraction of sp³-hybridized carbons (Fsp3) is 0.316. The summed E-state index contributed by atoms with van der Waals surface area (Å²) in [7, 11) is -3.91. The van der Waals surface area contributed by atoms with E-state index in [-0.39, 0.29) is 15.6 Å². The number of thiophene rings is 1. The van der Waals surface area contributed by atoms with E-state index >= 15 is 0 Å². The van der Waals surface area contributed by atoms with Crippen molar-refractivity contribution in [1.29, 1.82) is 0 Å². The smallest absolute Gasteiger partial charge is 0.229 e. The van der Waals surface area contributed by atoms with Gasteiger partial charge in [0, 0.05) is 18.1 Å². The van der Waals surface area contributed by atoms with Gasteiger partial charge >= 0.3 is 0 Å². The van der Waals surface area contributed by atoms with E-state index in [0.717, 1.165) is 35.5 Å². The highest BCUT2D eigenvalue weighted by Gasteiger charge is 2.29. The standard InChI is InChI=1S/C19H18ClN5O2S2/c1-12-4-3-8-24(11-12)17-16-15(7-9-28-16)25-18(21-17)19(22-23-25)29(26,27)14-6-2-5-13(20)10-14/h2,5-7,9-10,12H,3-4,8,11H2,1H3/t12-/m0/s1. The van der Waals surface area contributed by atoms with Crippen LogP contribution in [0, 0.1) is 5.92 Å². The van der Waals surface area contributed by atoms with E-state index < -0.39 is 9.84 Å². The molecule has 5 rings (SSSR count). The summed E-state index contributed by atoms with van der Waals surface area (Å²) in [4.78, 5) is 7.09. The average molecular weight is 448 g/mol. The molecular weight excluding hydrogens is 430 g/mol. The predicted molar refractivity (Wildman–Crippen MR) is 114 cm³/mol. The number of rotatable bonds is 3. The molecule has 0 amide bonds. The maximum Gasteiger partial charge on any atom is 0.229 e. The summed E-state index contributed by atoms with van der Waals surface area (Å²) in [6, 6.07) is 8.08. The number of halogens is 1. The number of piperidine rings is 1. The van der Waals surface area contributed by atoms with E-state index in [0.29, 0.717) is 10.9 Å². The van der Waals surface area contributed by atoms with Gasteiger partial charge in [-0.1, -0.05) is 29.8 Å². The van der Waals surface area contributed by atoms with Crippen molar-refractivity contribution in [2.45, 2.75) is 29.7 Å². The molecule has 0 unspecified atom stereocenters. The minimum absolute atomic E-state index is 0.0766. The van der Waals surface area contributed by atoms with Crippen LogP contribution in [0.25, 0.3) is 15.9 Å². The first kappa shape index (κ1) is 18.8. The third-order valence-corrected chi connectivity index (χ3v) is 8.00. The molecule has 4 aromatic rings. The maximum atomic E-state index is 13.2. The molecule has 1 saturated heterocycles. The highest BCUT2D eigenvalue weighted by molar-refractivity contribution is 7.91. The maximum absolute atomic E-state index is 13.2. The van der Waals surface area contributed by atoms with Crippen LogP contribution in [0.4, 0.5) is 5.82 Å². The van der Waals surface area contributed by atoms with E-state index in [1.807, 2.05) is 11.4 Å². The molecule has 0 aliphatic carbocycles. The monoisotopic (exact) mass is 447 g/mol. The number of nitrogens with zero attached hydrogens (tertiary/aromatic N) is 5. The van der Waals surface area contributed by atoms with Crippen molar-refractivity contribution in [3.05, 3.63) is 40.7 Å². The van der Waals surface area contributed by atoms with Crippen LogP contribution in [0.15, 0.2) is 45.6 Å². The van der Waals surface area contributed by atoms with E-state index in [2.05, 4.69) is 22.1 Å². The van der Waals surface area contributed by atoms with Crippen LogP contribution >= 0.6 is 22.9 Å². The van der Waals surface area contributed by atoms with Crippen molar-refractivity contribution in [3.63, 3.8) is 0 Å². The molecule has 3 aromatic heterocycles. The van der Waals surface area contributed by atoms with Gasteiger partial charge in [-0.15, -0.1) is 16.4 Å². The minimum atomic E-state index is -3.91. The van der Waals surface area contributed by atoms with Gasteiger partial charge in [-0.25, -0.2) is 13.4 Å². The molecule has 1 aliphatic rings. The second kappa shape index (κ2) is 6.93. The highest BCUT2D eigenvalue weighted by Crippen LogP contribution is 2.35. The lowest BCUT2D eigenvalue weighted by molar-refractivity contribution is 0.445. The molecule has 0 spiro atoms. The van der Waals surface area contributed by atoms with Crippen molar-refractivity contribution in [2.24, 2.45) is 5.92 Å². The predicted octanol–water partition coefficient (Wildman–Crippen LogP) is 4.06. The molecule has 0 radical (unpaired) electrons.